The molecular weight excluding hydrogens is 345 g/mol. The Bertz CT molecular complexity index is 1030. The van der Waals surface area contributed by atoms with Gasteiger partial charge < -0.3 is 5.11 Å². The molecule has 7 heteroatoms. The number of hydrogen-bond donors (Lipinski definition) is 1. The molecule has 0 aromatic heterocycles. The largest absolute Gasteiger partial charge is 0.480 e. The smallest absolute Gasteiger partial charge is 0.324 e. The maximum atomic E-state index is 13.1. The first-order chi connectivity index (χ1) is 11.9. The average molecular weight is 359 g/mol. The number of rotatable bonds is 5. The number of carboxylic acid groups (broad SMARTS) is 1. The normalized spacial score (nSPS) is 11.4. The maximum Gasteiger partial charge on any atom is 0.324 e. The molecule has 3 aromatic carbocycles. The third-order valence-electron chi connectivity index (χ3n) is 3.70. The summed E-state index contributed by atoms with van der Waals surface area (Å²) in [5.74, 6) is -1.87. The Kier molecular flexibility index (Phi) is 4.41. The summed E-state index contributed by atoms with van der Waals surface area (Å²) in [6.07, 6.45) is 0. The minimum Gasteiger partial charge on any atom is -0.480 e. The monoisotopic (exact) mass is 359 g/mol. The van der Waals surface area contributed by atoms with E-state index in [-0.39, 0.29) is 10.6 Å². The molecular formula is C18H14FNO4S. The third-order valence-corrected chi connectivity index (χ3v) is 5.49. The van der Waals surface area contributed by atoms with E-state index in [0.717, 1.165) is 39.3 Å². The summed E-state index contributed by atoms with van der Waals surface area (Å²) in [5, 5.41) is 10.8. The molecule has 3 rings (SSSR count). The van der Waals surface area contributed by atoms with Crippen LogP contribution in [0.1, 0.15) is 0 Å². The lowest BCUT2D eigenvalue weighted by Crippen LogP contribution is -2.35. The molecule has 25 heavy (non-hydrogen) atoms. The summed E-state index contributed by atoms with van der Waals surface area (Å²) in [7, 11) is -4.15. The van der Waals surface area contributed by atoms with Crippen molar-refractivity contribution in [1.29, 1.82) is 0 Å². The van der Waals surface area contributed by atoms with Crippen LogP contribution in [-0.4, -0.2) is 26.0 Å². The zero-order valence-electron chi connectivity index (χ0n) is 13.0. The number of fused-ring (bicyclic) bond motifs is 1. The van der Waals surface area contributed by atoms with E-state index in [1.807, 2.05) is 24.3 Å². The number of sulfonamides is 1. The third kappa shape index (κ3) is 3.46. The zero-order valence-corrected chi connectivity index (χ0v) is 13.8. The van der Waals surface area contributed by atoms with Gasteiger partial charge in [-0.05, 0) is 47.2 Å². The van der Waals surface area contributed by atoms with Crippen molar-refractivity contribution in [3.05, 3.63) is 72.5 Å². The van der Waals surface area contributed by atoms with Crippen molar-refractivity contribution in [3.8, 4) is 0 Å². The van der Waals surface area contributed by atoms with Gasteiger partial charge in [-0.1, -0.05) is 30.3 Å². The van der Waals surface area contributed by atoms with Crippen LogP contribution >= 0.6 is 0 Å². The molecule has 0 aliphatic rings. The van der Waals surface area contributed by atoms with Gasteiger partial charge in [0, 0.05) is 0 Å². The van der Waals surface area contributed by atoms with Gasteiger partial charge in [0.05, 0.1) is 10.6 Å². The van der Waals surface area contributed by atoms with Crippen LogP contribution in [0, 0.1) is 5.82 Å². The van der Waals surface area contributed by atoms with Gasteiger partial charge in [0.15, 0.2) is 0 Å². The van der Waals surface area contributed by atoms with Crippen LogP contribution in [0.3, 0.4) is 0 Å². The second-order valence-corrected chi connectivity index (χ2v) is 7.25. The fourth-order valence-corrected chi connectivity index (χ4v) is 3.91. The Morgan fingerprint density at radius 3 is 2.24 bits per heavy atom. The molecule has 0 saturated carbocycles. The van der Waals surface area contributed by atoms with Crippen molar-refractivity contribution in [2.75, 3.05) is 10.8 Å². The highest BCUT2D eigenvalue weighted by Crippen LogP contribution is 2.27. The van der Waals surface area contributed by atoms with E-state index in [2.05, 4.69) is 0 Å². The molecule has 3 aromatic rings. The first kappa shape index (κ1) is 16.9. The molecule has 0 radical (unpaired) electrons. The van der Waals surface area contributed by atoms with Crippen molar-refractivity contribution in [3.63, 3.8) is 0 Å². The summed E-state index contributed by atoms with van der Waals surface area (Å²) < 4.78 is 39.6. The molecule has 0 aliphatic heterocycles. The molecule has 0 aliphatic carbocycles. The lowest BCUT2D eigenvalue weighted by atomic mass is 10.1. The van der Waals surface area contributed by atoms with Crippen LogP contribution in [0.5, 0.6) is 0 Å². The summed E-state index contributed by atoms with van der Waals surface area (Å²) in [5.41, 5.74) is 0.227. The van der Waals surface area contributed by atoms with Gasteiger partial charge in [0.2, 0.25) is 0 Å². The Balaban J connectivity index is 2.12. The highest BCUT2D eigenvalue weighted by molar-refractivity contribution is 7.92. The fraction of sp³-hybridized carbons (Fsp3) is 0.0556. The maximum absolute atomic E-state index is 13.1. The number of carboxylic acids is 1. The molecule has 128 valence electrons. The predicted molar refractivity (Wildman–Crippen MR) is 92.5 cm³/mol. The fourth-order valence-electron chi connectivity index (χ4n) is 2.50. The topological polar surface area (TPSA) is 74.7 Å². The van der Waals surface area contributed by atoms with Gasteiger partial charge >= 0.3 is 5.97 Å². The first-order valence-electron chi connectivity index (χ1n) is 7.37. The SMILES string of the molecule is O=C(O)CN(c1ccc2ccccc2c1)S(=O)(=O)c1ccc(F)cc1. The van der Waals surface area contributed by atoms with Crippen molar-refractivity contribution in [1.82, 2.24) is 0 Å². The van der Waals surface area contributed by atoms with Crippen LogP contribution in [0.25, 0.3) is 10.8 Å². The standard InChI is InChI=1S/C18H14FNO4S/c19-15-6-9-17(10-7-15)25(23,24)20(12-18(21)22)16-8-5-13-3-1-2-4-14(13)11-16/h1-11H,12H2,(H,21,22). The van der Waals surface area contributed by atoms with Crippen molar-refractivity contribution < 1.29 is 22.7 Å². The summed E-state index contributed by atoms with van der Waals surface area (Å²) in [6, 6.07) is 16.5. The van der Waals surface area contributed by atoms with Crippen molar-refractivity contribution >= 4 is 32.5 Å². The zero-order chi connectivity index (χ0) is 18.0. The quantitative estimate of drug-likeness (QED) is 0.759. The van der Waals surface area contributed by atoms with E-state index in [4.69, 9.17) is 5.11 Å². The second-order valence-electron chi connectivity index (χ2n) is 5.39. The van der Waals surface area contributed by atoms with Crippen LogP contribution < -0.4 is 4.31 Å². The van der Waals surface area contributed by atoms with Crippen LogP contribution in [0.2, 0.25) is 0 Å². The summed E-state index contributed by atoms with van der Waals surface area (Å²) in [4.78, 5) is 11.0. The average Bonchev–Trinajstić information content (AvgIpc) is 2.59. The second kappa shape index (κ2) is 6.52. The predicted octanol–water partition coefficient (Wildman–Crippen LogP) is 3.26. The number of anilines is 1. The van der Waals surface area contributed by atoms with E-state index in [1.165, 1.54) is 0 Å². The molecule has 1 N–H and O–H groups in total. The van der Waals surface area contributed by atoms with Gasteiger partial charge in [-0.2, -0.15) is 0 Å². The number of aliphatic carboxylic acids is 1. The lowest BCUT2D eigenvalue weighted by molar-refractivity contribution is -0.135. The molecule has 0 bridgehead atoms. The number of hydrogen-bond acceptors (Lipinski definition) is 3. The molecule has 0 heterocycles. The summed E-state index contributed by atoms with van der Waals surface area (Å²) >= 11 is 0. The first-order valence-corrected chi connectivity index (χ1v) is 8.81. The molecule has 5 nitrogen and oxygen atoms in total. The Hall–Kier alpha value is -2.93. The molecule has 0 amide bonds. The van der Waals surface area contributed by atoms with E-state index in [9.17, 15) is 17.6 Å². The molecule has 0 spiro atoms. The highest BCUT2D eigenvalue weighted by atomic mass is 32.2. The lowest BCUT2D eigenvalue weighted by Gasteiger charge is -2.23. The Morgan fingerprint density at radius 1 is 0.960 bits per heavy atom. The van der Waals surface area contributed by atoms with Crippen LogP contribution in [-0.2, 0) is 14.8 Å². The van der Waals surface area contributed by atoms with Gasteiger partial charge in [-0.25, -0.2) is 12.8 Å². The van der Waals surface area contributed by atoms with Crippen molar-refractivity contribution in [2.45, 2.75) is 4.90 Å². The van der Waals surface area contributed by atoms with Gasteiger partial charge in [-0.3, -0.25) is 9.10 Å². The minimum atomic E-state index is -4.15. The van der Waals surface area contributed by atoms with Crippen LogP contribution in [0.4, 0.5) is 10.1 Å². The van der Waals surface area contributed by atoms with E-state index >= 15 is 0 Å². The molecule has 0 atom stereocenters. The number of carbonyl (C=O) groups is 1. The Morgan fingerprint density at radius 2 is 1.60 bits per heavy atom. The van der Waals surface area contributed by atoms with Crippen LogP contribution in [0.15, 0.2) is 71.6 Å². The number of nitrogens with zero attached hydrogens (tertiary/aromatic N) is 1. The van der Waals surface area contributed by atoms with E-state index in [0.29, 0.717) is 0 Å². The van der Waals surface area contributed by atoms with Gasteiger partial charge in [0.1, 0.15) is 12.4 Å². The Labute approximate surface area is 144 Å². The summed E-state index contributed by atoms with van der Waals surface area (Å²) in [6.45, 7) is -0.738. The van der Waals surface area contributed by atoms with E-state index in [1.54, 1.807) is 18.2 Å². The molecule has 0 saturated heterocycles. The highest BCUT2D eigenvalue weighted by Gasteiger charge is 2.27. The molecule has 0 fully saturated rings. The minimum absolute atomic E-state index is 0.177. The van der Waals surface area contributed by atoms with Crippen molar-refractivity contribution in [2.24, 2.45) is 0 Å². The molecule has 0 unspecified atom stereocenters. The number of benzene rings is 3. The van der Waals surface area contributed by atoms with Gasteiger partial charge in [0.25, 0.3) is 10.0 Å². The number of halogens is 1. The van der Waals surface area contributed by atoms with E-state index < -0.39 is 28.4 Å². The van der Waals surface area contributed by atoms with Gasteiger partial charge in [-0.15, -0.1) is 0 Å².